The Labute approximate surface area is 197 Å². The summed E-state index contributed by atoms with van der Waals surface area (Å²) in [4.78, 5) is 13.3. The molecule has 5 N–H and O–H groups in total. The van der Waals surface area contributed by atoms with Gasteiger partial charge in [-0.25, -0.2) is 0 Å². The summed E-state index contributed by atoms with van der Waals surface area (Å²) in [7, 11) is 0. The van der Waals surface area contributed by atoms with Crippen LogP contribution in [-0.2, 0) is 19.0 Å². The lowest BCUT2D eigenvalue weighted by Gasteiger charge is -2.39. The van der Waals surface area contributed by atoms with Gasteiger partial charge in [0.1, 0.15) is 24.4 Å². The second kappa shape index (κ2) is 9.13. The first-order valence-corrected chi connectivity index (χ1v) is 13.4. The summed E-state index contributed by atoms with van der Waals surface area (Å²) in [6.07, 6.45) is 3.42. The van der Waals surface area contributed by atoms with Crippen LogP contribution in [0.5, 0.6) is 0 Å². The number of nitrogens with one attached hydrogen (secondary N) is 3. The molecule has 4 heterocycles. The molecule has 4 aliphatic heterocycles. The smallest absolute Gasteiger partial charge is 0.240 e. The number of fused-ring (bicyclic) bond motifs is 2. The second-order valence-electron chi connectivity index (χ2n) is 9.80. The van der Waals surface area contributed by atoms with Crippen molar-refractivity contribution in [1.82, 2.24) is 16.0 Å². The second-order valence-corrected chi connectivity index (χ2v) is 11.4. The van der Waals surface area contributed by atoms with Gasteiger partial charge >= 0.3 is 0 Å². The van der Waals surface area contributed by atoms with Gasteiger partial charge in [0.25, 0.3) is 0 Å². The Morgan fingerprint density at radius 3 is 2.78 bits per heavy atom. The largest absolute Gasteiger partial charge is 0.387 e. The summed E-state index contributed by atoms with van der Waals surface area (Å²) in [5.74, 6) is -1.43. The zero-order chi connectivity index (χ0) is 22.6. The Kier molecular flexibility index (Phi) is 6.72. The number of amides is 1. The third-order valence-corrected chi connectivity index (χ3v) is 8.54. The van der Waals surface area contributed by atoms with E-state index in [4.69, 9.17) is 25.8 Å². The molecule has 9 nitrogen and oxygen atoms in total. The molecule has 5 aliphatic rings. The fourth-order valence-electron chi connectivity index (χ4n) is 5.44. The highest BCUT2D eigenvalue weighted by Crippen LogP contribution is 2.50. The number of carbonyl (C=O) groups excluding carboxylic acids is 1. The van der Waals surface area contributed by atoms with Crippen molar-refractivity contribution < 1.29 is 29.2 Å². The van der Waals surface area contributed by atoms with Crippen LogP contribution in [0.2, 0.25) is 0 Å². The molecule has 32 heavy (non-hydrogen) atoms. The third-order valence-electron chi connectivity index (χ3n) is 7.39. The van der Waals surface area contributed by atoms with Gasteiger partial charge in [0.05, 0.1) is 17.5 Å². The average Bonchev–Trinajstić information content (AvgIpc) is 3.66. The Bertz CT molecular complexity index is 717. The minimum Gasteiger partial charge on any atom is -0.387 e. The molecular weight excluding hydrogens is 458 g/mol. The summed E-state index contributed by atoms with van der Waals surface area (Å²) < 4.78 is 17.4. The van der Waals surface area contributed by atoms with Crippen molar-refractivity contribution in [3.05, 3.63) is 0 Å². The molecule has 0 aromatic carbocycles. The fourth-order valence-corrected chi connectivity index (χ4v) is 6.41. The number of hydrogen-bond acceptors (Lipinski definition) is 9. The van der Waals surface area contributed by atoms with Crippen LogP contribution in [0.25, 0.3) is 0 Å². The maximum atomic E-state index is 13.3. The van der Waals surface area contributed by atoms with E-state index in [2.05, 4.69) is 16.0 Å². The van der Waals surface area contributed by atoms with Crippen LogP contribution in [0, 0.1) is 5.92 Å². The summed E-state index contributed by atoms with van der Waals surface area (Å²) >= 11 is 7.74. The van der Waals surface area contributed by atoms with Gasteiger partial charge in [0.15, 0.2) is 5.44 Å². The summed E-state index contributed by atoms with van der Waals surface area (Å²) in [5, 5.41) is 30.7. The first-order chi connectivity index (χ1) is 15.3. The number of aliphatic hydroxyl groups excluding tert-OH is 1. The zero-order valence-corrected chi connectivity index (χ0v) is 20.0. The topological polar surface area (TPSA) is 125 Å². The lowest BCUT2D eigenvalue weighted by atomic mass is 9.93. The van der Waals surface area contributed by atoms with Crippen molar-refractivity contribution in [2.45, 2.75) is 97.8 Å². The zero-order valence-electron chi connectivity index (χ0n) is 18.4. The van der Waals surface area contributed by atoms with Gasteiger partial charge in [-0.1, -0.05) is 0 Å². The highest BCUT2D eigenvalue weighted by Gasteiger charge is 2.70. The summed E-state index contributed by atoms with van der Waals surface area (Å²) in [6, 6.07) is -0.0540. The molecule has 11 atom stereocenters. The van der Waals surface area contributed by atoms with E-state index in [-0.39, 0.29) is 17.9 Å². The van der Waals surface area contributed by atoms with E-state index < -0.39 is 47.0 Å². The fraction of sp³-hybridized carbons (Fsp3) is 0.952. The number of rotatable bonds is 7. The molecule has 182 valence electrons. The Hall–Kier alpha value is -0.170. The van der Waals surface area contributed by atoms with Crippen molar-refractivity contribution in [2.24, 2.45) is 5.92 Å². The molecule has 4 saturated heterocycles. The minimum absolute atomic E-state index is 0.194. The molecule has 0 aromatic heterocycles. The maximum Gasteiger partial charge on any atom is 0.240 e. The molecule has 1 amide bonds. The lowest BCUT2D eigenvalue weighted by Crippen LogP contribution is -2.62. The Morgan fingerprint density at radius 1 is 1.31 bits per heavy atom. The van der Waals surface area contributed by atoms with Gasteiger partial charge in [0, 0.05) is 31.2 Å². The van der Waals surface area contributed by atoms with Crippen LogP contribution in [0.15, 0.2) is 0 Å². The first kappa shape index (κ1) is 23.6. The van der Waals surface area contributed by atoms with Gasteiger partial charge in [-0.3, -0.25) is 4.79 Å². The lowest BCUT2D eigenvalue weighted by molar-refractivity contribution is -0.151. The van der Waals surface area contributed by atoms with Crippen LogP contribution in [0.1, 0.15) is 32.6 Å². The summed E-state index contributed by atoms with van der Waals surface area (Å²) in [6.45, 7) is 3.11. The molecule has 1 saturated carbocycles. The van der Waals surface area contributed by atoms with Crippen molar-refractivity contribution >= 4 is 29.3 Å². The highest BCUT2D eigenvalue weighted by atomic mass is 35.5. The Morgan fingerprint density at radius 2 is 2.09 bits per heavy atom. The SMILES string of the molecule is CSC1O[C@H]([C@H](NC(=O)[C@H]2NC[C@@H]3CC(NC4CC4)CCO[C@H]32)[C@H](C)Cl)C(O)C2O[C@]12O. The molecule has 4 unspecified atom stereocenters. The minimum atomic E-state index is -1.49. The molecule has 0 spiro atoms. The van der Waals surface area contributed by atoms with Crippen molar-refractivity contribution in [2.75, 3.05) is 19.4 Å². The van der Waals surface area contributed by atoms with Gasteiger partial charge in [-0.15, -0.1) is 23.4 Å². The van der Waals surface area contributed by atoms with E-state index in [1.165, 1.54) is 24.6 Å². The molecular formula is C21H34ClN3O6S. The molecule has 5 fully saturated rings. The number of ether oxygens (including phenoxy) is 3. The quantitative estimate of drug-likeness (QED) is 0.237. The molecule has 0 aromatic rings. The molecule has 11 heteroatoms. The average molecular weight is 492 g/mol. The van der Waals surface area contributed by atoms with E-state index >= 15 is 0 Å². The van der Waals surface area contributed by atoms with Gasteiger partial charge in [-0.2, -0.15) is 0 Å². The number of thioether (sulfide) groups is 1. The van der Waals surface area contributed by atoms with Gasteiger partial charge in [-0.05, 0) is 38.9 Å². The Balaban J connectivity index is 1.24. The summed E-state index contributed by atoms with van der Waals surface area (Å²) in [5.41, 5.74) is -0.661. The van der Waals surface area contributed by atoms with Crippen LogP contribution in [0.4, 0.5) is 0 Å². The van der Waals surface area contributed by atoms with Crippen LogP contribution >= 0.6 is 23.4 Å². The monoisotopic (exact) mass is 491 g/mol. The number of alkyl halides is 1. The number of epoxide rings is 1. The molecule has 5 rings (SSSR count). The van der Waals surface area contributed by atoms with Crippen molar-refractivity contribution in [3.63, 3.8) is 0 Å². The normalized spacial score (nSPS) is 47.7. The van der Waals surface area contributed by atoms with E-state index in [1.807, 2.05) is 0 Å². The van der Waals surface area contributed by atoms with E-state index in [9.17, 15) is 15.0 Å². The number of halogens is 1. The van der Waals surface area contributed by atoms with Gasteiger partial charge in [0.2, 0.25) is 11.7 Å². The molecule has 0 bridgehead atoms. The predicted octanol–water partition coefficient (Wildman–Crippen LogP) is -0.478. The highest BCUT2D eigenvalue weighted by molar-refractivity contribution is 7.99. The van der Waals surface area contributed by atoms with Crippen LogP contribution < -0.4 is 16.0 Å². The first-order valence-electron chi connectivity index (χ1n) is 11.6. The standard InChI is InChI=1S/C21H34ClN3O6S/c1-9(22)13(17-15(26)18-21(28,31-18)20(30-17)32-2)25-19(27)14-16-10(8-23-14)7-12(5-6-29-16)24-11-3-4-11/h9-18,20,23-24,26,28H,3-8H2,1-2H3,(H,25,27)/t9-,10-,12?,13+,14-,15?,16+,17+,18?,20?,21-/m0/s1. The third kappa shape index (κ3) is 4.43. The van der Waals surface area contributed by atoms with Gasteiger partial charge < -0.3 is 40.4 Å². The van der Waals surface area contributed by atoms with E-state index in [1.54, 1.807) is 13.2 Å². The number of carbonyl (C=O) groups is 1. The van der Waals surface area contributed by atoms with E-state index in [0.717, 1.165) is 19.4 Å². The molecule has 0 radical (unpaired) electrons. The van der Waals surface area contributed by atoms with Crippen molar-refractivity contribution in [1.29, 1.82) is 0 Å². The number of hydrogen-bond donors (Lipinski definition) is 5. The molecule has 1 aliphatic carbocycles. The van der Waals surface area contributed by atoms with Crippen LogP contribution in [0.3, 0.4) is 0 Å². The van der Waals surface area contributed by atoms with Crippen LogP contribution in [-0.4, -0.2) is 101 Å². The van der Waals surface area contributed by atoms with E-state index in [0.29, 0.717) is 18.7 Å². The van der Waals surface area contributed by atoms with Crippen molar-refractivity contribution in [3.8, 4) is 0 Å². The maximum absolute atomic E-state index is 13.3. The number of aliphatic hydroxyl groups is 2. The predicted molar refractivity (Wildman–Crippen MR) is 119 cm³/mol.